The second kappa shape index (κ2) is 8.29. The predicted octanol–water partition coefficient (Wildman–Crippen LogP) is 5.75. The Labute approximate surface area is 149 Å². The number of benzene rings is 3. The molecule has 3 aromatic rings. The van der Waals surface area contributed by atoms with Crippen molar-refractivity contribution in [2.75, 3.05) is 0 Å². The molecule has 25 heavy (non-hydrogen) atoms. The van der Waals surface area contributed by atoms with Crippen molar-refractivity contribution < 1.29 is 4.74 Å². The van der Waals surface area contributed by atoms with Gasteiger partial charge < -0.3 is 4.74 Å². The molecule has 126 valence electrons. The van der Waals surface area contributed by atoms with Gasteiger partial charge in [0.1, 0.15) is 12.4 Å². The monoisotopic (exact) mass is 329 g/mol. The van der Waals surface area contributed by atoms with Gasteiger partial charge in [0.15, 0.2) is 0 Å². The first-order chi connectivity index (χ1) is 12.2. The summed E-state index contributed by atoms with van der Waals surface area (Å²) < 4.78 is 5.88. The summed E-state index contributed by atoms with van der Waals surface area (Å²) >= 11 is 0. The summed E-state index contributed by atoms with van der Waals surface area (Å²) in [5.74, 6) is 0.857. The highest BCUT2D eigenvalue weighted by molar-refractivity contribution is 5.80. The highest BCUT2D eigenvalue weighted by atomic mass is 16.5. The lowest BCUT2D eigenvalue weighted by atomic mass is 10.1. The maximum atomic E-state index is 5.88. The summed E-state index contributed by atoms with van der Waals surface area (Å²) in [6, 6.07) is 26.9. The zero-order valence-electron chi connectivity index (χ0n) is 14.7. The normalized spacial score (nSPS) is 12.2. The lowest BCUT2D eigenvalue weighted by Crippen LogP contribution is -1.96. The van der Waals surface area contributed by atoms with Crippen LogP contribution in [0.15, 0.2) is 83.9 Å². The van der Waals surface area contributed by atoms with Crippen LogP contribution in [0.1, 0.15) is 35.2 Å². The Bertz CT molecular complexity index is 822. The molecule has 3 aromatic carbocycles. The molecule has 0 radical (unpaired) electrons. The molecule has 2 nitrogen and oxygen atoms in total. The van der Waals surface area contributed by atoms with E-state index in [0.717, 1.165) is 16.9 Å². The number of hydrogen-bond acceptors (Lipinski definition) is 2. The number of aryl methyl sites for hydroxylation is 1. The SMILES string of the molecule is Cc1ccc(C(C)N=Cc2cccc(OCc3ccccc3)c2)cc1. The Balaban J connectivity index is 1.63. The quantitative estimate of drug-likeness (QED) is 0.527. The first-order valence-corrected chi connectivity index (χ1v) is 8.57. The molecule has 2 heteroatoms. The molecule has 0 aliphatic carbocycles. The largest absolute Gasteiger partial charge is 0.489 e. The smallest absolute Gasteiger partial charge is 0.120 e. The van der Waals surface area contributed by atoms with E-state index in [2.05, 4.69) is 55.2 Å². The van der Waals surface area contributed by atoms with E-state index in [9.17, 15) is 0 Å². The van der Waals surface area contributed by atoms with Crippen LogP contribution in [-0.2, 0) is 6.61 Å². The average Bonchev–Trinajstić information content (AvgIpc) is 2.66. The summed E-state index contributed by atoms with van der Waals surface area (Å²) in [5.41, 5.74) is 4.70. The molecule has 0 spiro atoms. The van der Waals surface area contributed by atoms with E-state index in [-0.39, 0.29) is 6.04 Å². The Morgan fingerprint density at radius 2 is 1.68 bits per heavy atom. The van der Waals surface area contributed by atoms with Crippen LogP contribution >= 0.6 is 0 Å². The van der Waals surface area contributed by atoms with Crippen molar-refractivity contribution in [1.29, 1.82) is 0 Å². The first kappa shape index (κ1) is 17.0. The molecule has 3 rings (SSSR count). The number of hydrogen-bond donors (Lipinski definition) is 0. The van der Waals surface area contributed by atoms with Crippen LogP contribution in [0.25, 0.3) is 0 Å². The van der Waals surface area contributed by atoms with E-state index in [0.29, 0.717) is 6.61 Å². The molecule has 0 N–H and O–H groups in total. The van der Waals surface area contributed by atoms with Crippen LogP contribution in [0.4, 0.5) is 0 Å². The molecule has 0 aromatic heterocycles. The molecular formula is C23H23NO. The van der Waals surface area contributed by atoms with Gasteiger partial charge in [0, 0.05) is 6.21 Å². The predicted molar refractivity (Wildman–Crippen MR) is 104 cm³/mol. The maximum absolute atomic E-state index is 5.88. The fraction of sp³-hybridized carbons (Fsp3) is 0.174. The highest BCUT2D eigenvalue weighted by Crippen LogP contribution is 2.18. The zero-order chi connectivity index (χ0) is 17.5. The minimum absolute atomic E-state index is 0.134. The third kappa shape index (κ3) is 5.05. The van der Waals surface area contributed by atoms with Gasteiger partial charge in [-0.2, -0.15) is 0 Å². The van der Waals surface area contributed by atoms with Crippen LogP contribution in [-0.4, -0.2) is 6.21 Å². The van der Waals surface area contributed by atoms with Gasteiger partial charge >= 0.3 is 0 Å². The number of rotatable bonds is 6. The minimum atomic E-state index is 0.134. The van der Waals surface area contributed by atoms with Gasteiger partial charge in [0.25, 0.3) is 0 Å². The number of aliphatic imine (C=N–C) groups is 1. The zero-order valence-corrected chi connectivity index (χ0v) is 14.7. The summed E-state index contributed by atoms with van der Waals surface area (Å²) in [4.78, 5) is 4.67. The van der Waals surface area contributed by atoms with E-state index >= 15 is 0 Å². The molecule has 1 atom stereocenters. The van der Waals surface area contributed by atoms with Crippen molar-refractivity contribution >= 4 is 6.21 Å². The van der Waals surface area contributed by atoms with Crippen LogP contribution < -0.4 is 4.74 Å². The van der Waals surface area contributed by atoms with Gasteiger partial charge in [-0.1, -0.05) is 72.3 Å². The molecule has 0 aliphatic rings. The van der Waals surface area contributed by atoms with Crippen molar-refractivity contribution in [2.45, 2.75) is 26.5 Å². The van der Waals surface area contributed by atoms with Gasteiger partial charge in [-0.25, -0.2) is 0 Å². The van der Waals surface area contributed by atoms with E-state index in [1.54, 1.807) is 0 Å². The van der Waals surface area contributed by atoms with E-state index in [1.807, 2.05) is 48.7 Å². The standard InChI is InChI=1S/C23H23NO/c1-18-11-13-22(14-12-18)19(2)24-16-21-9-6-10-23(15-21)25-17-20-7-4-3-5-8-20/h3-16,19H,17H2,1-2H3. The molecule has 0 fully saturated rings. The molecular weight excluding hydrogens is 306 g/mol. The summed E-state index contributed by atoms with van der Waals surface area (Å²) in [6.45, 7) is 4.77. The third-order valence-corrected chi connectivity index (χ3v) is 4.11. The molecule has 0 heterocycles. The Morgan fingerprint density at radius 1 is 0.920 bits per heavy atom. The van der Waals surface area contributed by atoms with E-state index in [4.69, 9.17) is 4.74 Å². The second-order valence-electron chi connectivity index (χ2n) is 6.21. The lowest BCUT2D eigenvalue weighted by molar-refractivity contribution is 0.306. The molecule has 0 bridgehead atoms. The fourth-order valence-electron chi connectivity index (χ4n) is 2.55. The summed E-state index contributed by atoms with van der Waals surface area (Å²) in [6.07, 6.45) is 1.92. The maximum Gasteiger partial charge on any atom is 0.120 e. The van der Waals surface area contributed by atoms with Gasteiger partial charge in [0.2, 0.25) is 0 Å². The average molecular weight is 329 g/mol. The Kier molecular flexibility index (Phi) is 5.63. The molecule has 0 saturated carbocycles. The van der Waals surface area contributed by atoms with E-state index < -0.39 is 0 Å². The van der Waals surface area contributed by atoms with Crippen molar-refractivity contribution in [3.63, 3.8) is 0 Å². The Morgan fingerprint density at radius 3 is 2.44 bits per heavy atom. The molecule has 0 amide bonds. The van der Waals surface area contributed by atoms with Crippen LogP contribution in [0.3, 0.4) is 0 Å². The third-order valence-electron chi connectivity index (χ3n) is 4.11. The van der Waals surface area contributed by atoms with Crippen molar-refractivity contribution in [3.8, 4) is 5.75 Å². The molecule has 0 saturated heterocycles. The number of nitrogens with zero attached hydrogens (tertiary/aromatic N) is 1. The van der Waals surface area contributed by atoms with Crippen LogP contribution in [0, 0.1) is 6.92 Å². The minimum Gasteiger partial charge on any atom is -0.489 e. The fourth-order valence-corrected chi connectivity index (χ4v) is 2.55. The van der Waals surface area contributed by atoms with Gasteiger partial charge in [-0.15, -0.1) is 0 Å². The van der Waals surface area contributed by atoms with Gasteiger partial charge in [-0.05, 0) is 42.7 Å². The van der Waals surface area contributed by atoms with Crippen molar-refractivity contribution in [1.82, 2.24) is 0 Å². The van der Waals surface area contributed by atoms with E-state index in [1.165, 1.54) is 11.1 Å². The van der Waals surface area contributed by atoms with Crippen LogP contribution in [0.5, 0.6) is 5.75 Å². The topological polar surface area (TPSA) is 21.6 Å². The second-order valence-corrected chi connectivity index (χ2v) is 6.21. The summed E-state index contributed by atoms with van der Waals surface area (Å²) in [7, 11) is 0. The molecule has 0 aliphatic heterocycles. The highest BCUT2D eigenvalue weighted by Gasteiger charge is 2.02. The summed E-state index contributed by atoms with van der Waals surface area (Å²) in [5, 5.41) is 0. The van der Waals surface area contributed by atoms with Crippen molar-refractivity contribution in [2.24, 2.45) is 4.99 Å². The lowest BCUT2D eigenvalue weighted by Gasteiger charge is -2.08. The Hall–Kier alpha value is -2.87. The van der Waals surface area contributed by atoms with Gasteiger partial charge in [0.05, 0.1) is 6.04 Å². The van der Waals surface area contributed by atoms with Crippen LogP contribution in [0.2, 0.25) is 0 Å². The molecule has 1 unspecified atom stereocenters. The van der Waals surface area contributed by atoms with Gasteiger partial charge in [-0.3, -0.25) is 4.99 Å². The number of ether oxygens (including phenoxy) is 1. The first-order valence-electron chi connectivity index (χ1n) is 8.57. The van der Waals surface area contributed by atoms with Crippen molar-refractivity contribution in [3.05, 3.63) is 101 Å².